The van der Waals surface area contributed by atoms with Crippen molar-refractivity contribution < 1.29 is 19.2 Å². The van der Waals surface area contributed by atoms with E-state index in [0.29, 0.717) is 17.8 Å². The summed E-state index contributed by atoms with van der Waals surface area (Å²) in [6.45, 7) is 5.11. The number of Topliss-reactive ketones (excluding diaryl/α,β-unsaturated/α-hetero) is 2. The molecule has 0 fully saturated rings. The molecule has 6 nitrogen and oxygen atoms in total. The van der Waals surface area contributed by atoms with Crippen molar-refractivity contribution >= 4 is 35.1 Å². The predicted octanol–water partition coefficient (Wildman–Crippen LogP) is 5.63. The Morgan fingerprint density at radius 1 is 0.706 bits per heavy atom. The van der Waals surface area contributed by atoms with Crippen LogP contribution >= 0.6 is 0 Å². The zero-order valence-corrected chi connectivity index (χ0v) is 19.2. The van der Waals surface area contributed by atoms with Gasteiger partial charge in [0.15, 0.2) is 0 Å². The molecule has 0 N–H and O–H groups in total. The number of rotatable bonds is 9. The molecule has 0 saturated carbocycles. The minimum absolute atomic E-state index is 0.0106. The molecule has 3 rings (SSSR count). The molecule has 2 unspecified atom stereocenters. The maximum Gasteiger partial charge on any atom is 0.240 e. The number of isocyanates is 2. The van der Waals surface area contributed by atoms with Gasteiger partial charge >= 0.3 is 0 Å². The van der Waals surface area contributed by atoms with Crippen LogP contribution in [0.5, 0.6) is 0 Å². The van der Waals surface area contributed by atoms with Gasteiger partial charge in [-0.05, 0) is 72.4 Å². The predicted molar refractivity (Wildman–Crippen MR) is 129 cm³/mol. The molecule has 3 aromatic rings. The molecule has 34 heavy (non-hydrogen) atoms. The zero-order valence-electron chi connectivity index (χ0n) is 19.2. The molecular weight excluding hydrogens is 428 g/mol. The maximum absolute atomic E-state index is 12.7. The smallest absolute Gasteiger partial charge is 0.240 e. The number of aliphatic imine (C=N–C) groups is 2. The first-order valence-corrected chi connectivity index (χ1v) is 10.9. The summed E-state index contributed by atoms with van der Waals surface area (Å²) in [5.74, 6) is -0.987. The van der Waals surface area contributed by atoms with Crippen LogP contribution in [-0.2, 0) is 25.6 Å². The van der Waals surface area contributed by atoms with E-state index in [-0.39, 0.29) is 11.6 Å². The Labute approximate surface area is 198 Å². The molecular formula is C28H24N2O4. The SMILES string of the molecule is CCc1cc(C(C(C)=O)c2ccc(N=C=O)cc2)ccc1C(C(C)=O)c1ccc(N=C=O)cc1. The number of nitrogens with zero attached hydrogens (tertiary/aromatic N) is 2. The highest BCUT2D eigenvalue weighted by atomic mass is 16.1. The van der Waals surface area contributed by atoms with Crippen LogP contribution in [0.15, 0.2) is 76.7 Å². The summed E-state index contributed by atoms with van der Waals surface area (Å²) >= 11 is 0. The second-order valence-electron chi connectivity index (χ2n) is 7.99. The second kappa shape index (κ2) is 11.1. The fraction of sp³-hybridized carbons (Fsp3) is 0.214. The van der Waals surface area contributed by atoms with E-state index in [1.54, 1.807) is 62.4 Å². The molecule has 0 bridgehead atoms. The van der Waals surface area contributed by atoms with Gasteiger partial charge < -0.3 is 0 Å². The molecule has 0 amide bonds. The van der Waals surface area contributed by atoms with Gasteiger partial charge in [0.25, 0.3) is 0 Å². The Kier molecular flexibility index (Phi) is 7.94. The molecule has 0 aromatic heterocycles. The van der Waals surface area contributed by atoms with Crippen LogP contribution in [0.2, 0.25) is 0 Å². The van der Waals surface area contributed by atoms with Crippen molar-refractivity contribution in [3.8, 4) is 0 Å². The molecule has 0 aliphatic heterocycles. The number of hydrogen-bond acceptors (Lipinski definition) is 6. The monoisotopic (exact) mass is 452 g/mol. The largest absolute Gasteiger partial charge is 0.299 e. The second-order valence-corrected chi connectivity index (χ2v) is 7.99. The summed E-state index contributed by atoms with van der Waals surface area (Å²) < 4.78 is 0. The normalized spacial score (nSPS) is 12.1. The van der Waals surface area contributed by atoms with E-state index in [0.717, 1.165) is 27.8 Å². The quantitative estimate of drug-likeness (QED) is 0.311. The number of carbonyl (C=O) groups excluding carboxylic acids is 4. The van der Waals surface area contributed by atoms with Gasteiger partial charge in [0.1, 0.15) is 11.6 Å². The van der Waals surface area contributed by atoms with Gasteiger partial charge in [0, 0.05) is 0 Å². The highest BCUT2D eigenvalue weighted by molar-refractivity contribution is 5.89. The molecule has 0 aliphatic carbocycles. The third kappa shape index (κ3) is 5.38. The van der Waals surface area contributed by atoms with Gasteiger partial charge in [-0.1, -0.05) is 49.4 Å². The molecule has 0 spiro atoms. The van der Waals surface area contributed by atoms with Crippen molar-refractivity contribution in [2.75, 3.05) is 0 Å². The summed E-state index contributed by atoms with van der Waals surface area (Å²) in [5.41, 5.74) is 5.22. The first-order valence-electron chi connectivity index (χ1n) is 10.9. The van der Waals surface area contributed by atoms with Gasteiger partial charge in [-0.3, -0.25) is 9.59 Å². The van der Waals surface area contributed by atoms with E-state index in [1.165, 1.54) is 12.2 Å². The van der Waals surface area contributed by atoms with Crippen LogP contribution in [0.25, 0.3) is 0 Å². The third-order valence-corrected chi connectivity index (χ3v) is 5.81. The minimum Gasteiger partial charge on any atom is -0.299 e. The summed E-state index contributed by atoms with van der Waals surface area (Å²) in [4.78, 5) is 53.5. The van der Waals surface area contributed by atoms with Crippen molar-refractivity contribution in [2.24, 2.45) is 9.98 Å². The van der Waals surface area contributed by atoms with Crippen molar-refractivity contribution in [3.05, 3.63) is 94.5 Å². The van der Waals surface area contributed by atoms with Gasteiger partial charge in [0.05, 0.1) is 23.2 Å². The Bertz CT molecular complexity index is 1300. The van der Waals surface area contributed by atoms with Crippen LogP contribution in [0.4, 0.5) is 11.4 Å². The van der Waals surface area contributed by atoms with E-state index in [9.17, 15) is 19.2 Å². The lowest BCUT2D eigenvalue weighted by Crippen LogP contribution is -2.15. The van der Waals surface area contributed by atoms with Crippen LogP contribution in [0.3, 0.4) is 0 Å². The number of hydrogen-bond donors (Lipinski definition) is 0. The van der Waals surface area contributed by atoms with Gasteiger partial charge in [0.2, 0.25) is 12.2 Å². The van der Waals surface area contributed by atoms with Crippen molar-refractivity contribution in [2.45, 2.75) is 39.0 Å². The molecule has 3 aromatic carbocycles. The summed E-state index contributed by atoms with van der Waals surface area (Å²) in [6, 6.07) is 19.6. The lowest BCUT2D eigenvalue weighted by molar-refractivity contribution is -0.118. The van der Waals surface area contributed by atoms with E-state index >= 15 is 0 Å². The summed E-state index contributed by atoms with van der Waals surface area (Å²) in [5, 5.41) is 0. The van der Waals surface area contributed by atoms with E-state index in [1.807, 2.05) is 25.1 Å². The molecule has 0 aliphatic rings. The van der Waals surface area contributed by atoms with Crippen LogP contribution in [0.1, 0.15) is 60.4 Å². The maximum atomic E-state index is 12.7. The number of ketones is 2. The summed E-state index contributed by atoms with van der Waals surface area (Å²) in [6.07, 6.45) is 3.70. The third-order valence-electron chi connectivity index (χ3n) is 5.81. The van der Waals surface area contributed by atoms with Crippen molar-refractivity contribution in [1.29, 1.82) is 0 Å². The minimum atomic E-state index is -0.482. The molecule has 0 radical (unpaired) electrons. The standard InChI is InChI=1S/C28H24N2O4/c1-4-20-15-23(27(18(2)33)21-5-10-24(11-6-21)29-16-31)9-14-26(20)28(19(3)34)22-7-12-25(13-8-22)30-17-32/h5-15,27-28H,4H2,1-3H3. The Morgan fingerprint density at radius 2 is 1.15 bits per heavy atom. The topological polar surface area (TPSA) is 93.0 Å². The first-order chi connectivity index (χ1) is 16.4. The lowest BCUT2D eigenvalue weighted by atomic mass is 9.81. The van der Waals surface area contributed by atoms with Crippen LogP contribution in [0, 0.1) is 0 Å². The van der Waals surface area contributed by atoms with Crippen molar-refractivity contribution in [3.63, 3.8) is 0 Å². The van der Waals surface area contributed by atoms with E-state index in [2.05, 4.69) is 9.98 Å². The van der Waals surface area contributed by atoms with Crippen molar-refractivity contribution in [1.82, 2.24) is 0 Å². The molecule has 6 heteroatoms. The Morgan fingerprint density at radius 3 is 1.56 bits per heavy atom. The van der Waals surface area contributed by atoms with Gasteiger partial charge in [-0.25, -0.2) is 9.59 Å². The molecule has 0 heterocycles. The zero-order chi connectivity index (χ0) is 24.7. The number of carbonyl (C=O) groups is 2. The highest BCUT2D eigenvalue weighted by Gasteiger charge is 2.25. The fourth-order valence-corrected chi connectivity index (χ4v) is 4.28. The van der Waals surface area contributed by atoms with Gasteiger partial charge in [-0.2, -0.15) is 9.98 Å². The molecule has 0 saturated heterocycles. The average molecular weight is 453 g/mol. The van der Waals surface area contributed by atoms with E-state index in [4.69, 9.17) is 0 Å². The lowest BCUT2D eigenvalue weighted by Gasteiger charge is -2.22. The molecule has 2 atom stereocenters. The fourth-order valence-electron chi connectivity index (χ4n) is 4.28. The highest BCUT2D eigenvalue weighted by Crippen LogP contribution is 2.34. The van der Waals surface area contributed by atoms with Crippen LogP contribution in [-0.4, -0.2) is 23.7 Å². The Hall–Kier alpha value is -4.24. The van der Waals surface area contributed by atoms with Gasteiger partial charge in [-0.15, -0.1) is 0 Å². The Balaban J connectivity index is 2.05. The van der Waals surface area contributed by atoms with Crippen LogP contribution < -0.4 is 0 Å². The molecule has 170 valence electrons. The van der Waals surface area contributed by atoms with E-state index < -0.39 is 11.8 Å². The summed E-state index contributed by atoms with van der Waals surface area (Å²) in [7, 11) is 0. The number of aryl methyl sites for hydroxylation is 1. The first kappa shape index (κ1) is 24.4. The number of benzene rings is 3. The average Bonchev–Trinajstić information content (AvgIpc) is 2.82.